The van der Waals surface area contributed by atoms with Crippen molar-refractivity contribution in [2.24, 2.45) is 0 Å². The van der Waals surface area contributed by atoms with Crippen LogP contribution in [0.4, 0.5) is 0 Å². The normalized spacial score (nSPS) is 13.2. The Morgan fingerprint density at radius 1 is 0.960 bits per heavy atom. The minimum Gasteiger partial charge on any atom is -0.506 e. The number of nitrogens with one attached hydrogen (secondary N) is 3. The molecule has 12 nitrogen and oxygen atoms in total. The molecule has 0 spiro atoms. The Labute approximate surface area is 301 Å². The number of carbonyl (C=O) groups is 2. The van der Waals surface area contributed by atoms with Crippen molar-refractivity contribution in [2.75, 3.05) is 59.0 Å². The van der Waals surface area contributed by atoms with E-state index in [0.29, 0.717) is 56.4 Å². The van der Waals surface area contributed by atoms with Crippen LogP contribution in [0.25, 0.3) is 10.2 Å². The molecule has 4 aromatic rings. The number of likely N-dealkylation sites (N-methyl/N-ethyl adjacent to an activating group) is 1. The van der Waals surface area contributed by atoms with Crippen LogP contribution < -0.4 is 14.9 Å². The molecule has 0 saturated heterocycles. The molecule has 1 aliphatic heterocycles. The monoisotopic (exact) mass is 745 g/mol. The maximum absolute atomic E-state index is 13.0. The fourth-order valence-electron chi connectivity index (χ4n) is 5.42. The quantitative estimate of drug-likeness (QED) is 0.117. The van der Waals surface area contributed by atoms with Gasteiger partial charge in [-0.05, 0) is 73.9 Å². The minimum absolute atomic E-state index is 0.0648. The van der Waals surface area contributed by atoms with E-state index in [9.17, 15) is 27.9 Å². The molecule has 5 rings (SSSR count). The largest absolute Gasteiger partial charge is 0.506 e. The number of aromatic hydroxyl groups is 1. The third-order valence-electron chi connectivity index (χ3n) is 8.23. The SMILES string of the molecule is CCN(CC)CCN(CCNCCc1ccc(O)c2[nH]c(=O)sc12)C(=O)CCOCCc1cccc(Cl)c1.O=C1NS(=O)(=O)c2ccccc21. The van der Waals surface area contributed by atoms with E-state index in [1.807, 2.05) is 40.0 Å². The predicted molar refractivity (Wildman–Crippen MR) is 197 cm³/mol. The molecule has 3 aromatic carbocycles. The topological polar surface area (TPSA) is 161 Å². The van der Waals surface area contributed by atoms with E-state index in [0.717, 1.165) is 59.6 Å². The molecule has 0 saturated carbocycles. The van der Waals surface area contributed by atoms with Gasteiger partial charge in [-0.25, -0.2) is 13.1 Å². The van der Waals surface area contributed by atoms with Gasteiger partial charge in [-0.2, -0.15) is 0 Å². The zero-order chi connectivity index (χ0) is 36.1. The first-order chi connectivity index (χ1) is 24.0. The average molecular weight is 746 g/mol. The van der Waals surface area contributed by atoms with E-state index in [4.69, 9.17) is 16.3 Å². The van der Waals surface area contributed by atoms with Gasteiger partial charge in [-0.3, -0.25) is 14.4 Å². The fraction of sp³-hybridized carbons (Fsp3) is 0.400. The zero-order valence-electron chi connectivity index (χ0n) is 28.2. The van der Waals surface area contributed by atoms with E-state index in [-0.39, 0.29) is 27.0 Å². The number of phenolic OH excluding ortho intramolecular Hbond substituents is 1. The maximum Gasteiger partial charge on any atom is 0.305 e. The van der Waals surface area contributed by atoms with Gasteiger partial charge >= 0.3 is 4.87 Å². The lowest BCUT2D eigenvalue weighted by Gasteiger charge is -2.27. The van der Waals surface area contributed by atoms with Gasteiger partial charge in [0.05, 0.1) is 29.9 Å². The van der Waals surface area contributed by atoms with Crippen molar-refractivity contribution in [3.63, 3.8) is 0 Å². The second kappa shape index (κ2) is 19.0. The number of aromatic amines is 1. The molecule has 0 unspecified atom stereocenters. The highest BCUT2D eigenvalue weighted by Gasteiger charge is 2.31. The summed E-state index contributed by atoms with van der Waals surface area (Å²) >= 11 is 7.15. The molecule has 0 radical (unpaired) electrons. The van der Waals surface area contributed by atoms with Gasteiger partial charge in [0, 0.05) is 31.2 Å². The van der Waals surface area contributed by atoms with Gasteiger partial charge in [0.25, 0.3) is 15.9 Å². The molecule has 0 aliphatic carbocycles. The van der Waals surface area contributed by atoms with Crippen LogP contribution in [0.3, 0.4) is 0 Å². The number of carbonyl (C=O) groups excluding carboxylic acids is 2. The molecule has 0 atom stereocenters. The number of nitrogens with zero attached hydrogens (tertiary/aromatic N) is 2. The van der Waals surface area contributed by atoms with Crippen molar-refractivity contribution < 1.29 is 27.9 Å². The molecule has 2 heterocycles. The lowest BCUT2D eigenvalue weighted by atomic mass is 10.1. The van der Waals surface area contributed by atoms with E-state index in [1.54, 1.807) is 18.2 Å². The van der Waals surface area contributed by atoms with Crippen LogP contribution in [0.15, 0.2) is 70.4 Å². The van der Waals surface area contributed by atoms with Gasteiger partial charge in [-0.1, -0.05) is 67.1 Å². The highest BCUT2D eigenvalue weighted by atomic mass is 35.5. The smallest absolute Gasteiger partial charge is 0.305 e. The molecule has 4 N–H and O–H groups in total. The summed E-state index contributed by atoms with van der Waals surface area (Å²) in [6.07, 6.45) is 1.83. The van der Waals surface area contributed by atoms with Gasteiger partial charge < -0.3 is 29.9 Å². The number of benzene rings is 3. The summed E-state index contributed by atoms with van der Waals surface area (Å²) in [6.45, 7) is 10.6. The first-order valence-electron chi connectivity index (χ1n) is 16.5. The Morgan fingerprint density at radius 2 is 1.74 bits per heavy atom. The molecule has 1 aromatic heterocycles. The third kappa shape index (κ3) is 11.1. The lowest BCUT2D eigenvalue weighted by Crippen LogP contribution is -2.42. The number of sulfonamides is 1. The number of halogens is 1. The maximum atomic E-state index is 13.0. The molecule has 0 fully saturated rings. The number of phenols is 1. The van der Waals surface area contributed by atoms with Crippen LogP contribution in [0.2, 0.25) is 5.02 Å². The number of H-pyrrole nitrogens is 1. The predicted octanol–water partition coefficient (Wildman–Crippen LogP) is 4.02. The van der Waals surface area contributed by atoms with E-state index >= 15 is 0 Å². The molecule has 15 heteroatoms. The highest BCUT2D eigenvalue weighted by Crippen LogP contribution is 2.28. The Morgan fingerprint density at radius 3 is 2.48 bits per heavy atom. The van der Waals surface area contributed by atoms with Crippen molar-refractivity contribution in [3.05, 3.63) is 92.0 Å². The van der Waals surface area contributed by atoms with Gasteiger partial charge in [0.15, 0.2) is 0 Å². The number of hydrogen-bond acceptors (Lipinski definition) is 10. The fourth-order valence-corrected chi connectivity index (χ4v) is 7.70. The third-order valence-corrected chi connectivity index (χ3v) is 10.8. The van der Waals surface area contributed by atoms with Gasteiger partial charge in [0.1, 0.15) is 16.2 Å². The van der Waals surface area contributed by atoms with E-state index in [1.165, 1.54) is 12.1 Å². The minimum atomic E-state index is -3.55. The van der Waals surface area contributed by atoms with E-state index < -0.39 is 15.9 Å². The van der Waals surface area contributed by atoms with Gasteiger partial charge in [-0.15, -0.1) is 0 Å². The molecule has 1 aliphatic rings. The number of ether oxygens (including phenoxy) is 1. The van der Waals surface area contributed by atoms with Crippen LogP contribution in [-0.4, -0.2) is 99.1 Å². The summed E-state index contributed by atoms with van der Waals surface area (Å²) in [6, 6.07) is 17.3. The Balaban J connectivity index is 0.000000390. The second-order valence-corrected chi connectivity index (χ2v) is 14.6. The number of thiazole rings is 1. The molecule has 50 heavy (non-hydrogen) atoms. The van der Waals surface area contributed by atoms with Crippen LogP contribution in [0, 0.1) is 0 Å². The summed E-state index contributed by atoms with van der Waals surface area (Å²) in [5.74, 6) is -0.365. The first kappa shape index (κ1) is 39.0. The zero-order valence-corrected chi connectivity index (χ0v) is 30.6. The highest BCUT2D eigenvalue weighted by molar-refractivity contribution is 7.90. The van der Waals surface area contributed by atoms with Crippen LogP contribution >= 0.6 is 22.9 Å². The molecule has 270 valence electrons. The summed E-state index contributed by atoms with van der Waals surface area (Å²) in [5, 5.41) is 14.1. The van der Waals surface area contributed by atoms with Crippen molar-refractivity contribution >= 4 is 55.0 Å². The van der Waals surface area contributed by atoms with Crippen LogP contribution in [0.5, 0.6) is 5.75 Å². The number of fused-ring (bicyclic) bond motifs is 2. The second-order valence-electron chi connectivity index (χ2n) is 11.5. The molecular formula is C35H44ClN5O7S2. The lowest BCUT2D eigenvalue weighted by molar-refractivity contribution is -0.132. The number of amides is 2. The van der Waals surface area contributed by atoms with Crippen LogP contribution in [0.1, 0.15) is 41.8 Å². The first-order valence-corrected chi connectivity index (χ1v) is 19.2. The summed E-state index contributed by atoms with van der Waals surface area (Å²) in [4.78, 5) is 42.5. The van der Waals surface area contributed by atoms with Crippen molar-refractivity contribution in [2.45, 2.75) is 38.0 Å². The Hall–Kier alpha value is -3.79. The molecule has 2 amide bonds. The summed E-state index contributed by atoms with van der Waals surface area (Å²) in [7, 11) is -3.55. The number of hydrogen-bond donors (Lipinski definition) is 4. The van der Waals surface area contributed by atoms with Crippen molar-refractivity contribution in [3.8, 4) is 5.75 Å². The Bertz CT molecular complexity index is 1910. The van der Waals surface area contributed by atoms with Crippen molar-refractivity contribution in [1.29, 1.82) is 0 Å². The number of aromatic nitrogens is 1. The standard InChI is InChI=1S/C28H39ClN4O4S.C7H5NO3S/c1-3-32(4-2)16-17-33(25(35)12-19-37-18-11-21-6-5-7-23(29)20-21)15-14-30-13-10-22-8-9-24(34)26-27(22)38-28(36)31-26;9-7-5-3-1-2-4-6(5)12(10,11)8-7/h5-9,20,30,34H,3-4,10-19H2,1-2H3,(H,31,36);1-4H,(H,8,9). The van der Waals surface area contributed by atoms with Crippen molar-refractivity contribution in [1.82, 2.24) is 24.8 Å². The summed E-state index contributed by atoms with van der Waals surface area (Å²) in [5.41, 5.74) is 2.85. The average Bonchev–Trinajstić information content (AvgIpc) is 3.61. The number of rotatable bonds is 17. The van der Waals surface area contributed by atoms with Gasteiger partial charge in [0.2, 0.25) is 5.91 Å². The molecule has 0 bridgehead atoms. The summed E-state index contributed by atoms with van der Waals surface area (Å²) < 4.78 is 30.7. The van der Waals surface area contributed by atoms with Crippen LogP contribution in [-0.2, 0) is 32.4 Å². The molecular weight excluding hydrogens is 702 g/mol. The Kier molecular flexibility index (Phi) is 14.8. The van der Waals surface area contributed by atoms with E-state index in [2.05, 4.69) is 29.0 Å².